The third kappa shape index (κ3) is 4.22. The molecule has 132 valence electrons. The number of β-amino-alcohol motifs (C(OH)–C–C–N with tert-alkyl or cyclic N) is 1. The van der Waals surface area contributed by atoms with Gasteiger partial charge in [-0.1, -0.05) is 0 Å². The molecule has 7 nitrogen and oxygen atoms in total. The molecule has 23 heavy (non-hydrogen) atoms. The van der Waals surface area contributed by atoms with Crippen LogP contribution in [0.4, 0.5) is 0 Å². The van der Waals surface area contributed by atoms with E-state index >= 15 is 0 Å². The van der Waals surface area contributed by atoms with Crippen molar-refractivity contribution in [3.63, 3.8) is 0 Å². The van der Waals surface area contributed by atoms with Gasteiger partial charge < -0.3 is 19.6 Å². The minimum absolute atomic E-state index is 0.0550. The fraction of sp³-hybridized carbons (Fsp3) is 0.875. The Morgan fingerprint density at radius 2 is 1.83 bits per heavy atom. The number of hydrogen-bond donors (Lipinski definition) is 1. The number of carbonyl (C=O) groups is 2. The topological polar surface area (TPSA) is 73.3 Å². The monoisotopic (exact) mass is 327 g/mol. The molecular weight excluding hydrogens is 298 g/mol. The molecule has 2 saturated heterocycles. The molecule has 2 aliphatic rings. The minimum atomic E-state index is -0.863. The molecule has 2 amide bonds. The summed E-state index contributed by atoms with van der Waals surface area (Å²) in [5, 5.41) is 10.8. The molecule has 0 aliphatic carbocycles. The molecule has 0 aromatic heterocycles. The van der Waals surface area contributed by atoms with Crippen LogP contribution >= 0.6 is 0 Å². The first kappa shape index (κ1) is 18.2. The number of likely N-dealkylation sites (tertiary alicyclic amines) is 1. The van der Waals surface area contributed by atoms with Gasteiger partial charge in [0.1, 0.15) is 0 Å². The Labute approximate surface area is 138 Å². The van der Waals surface area contributed by atoms with Crippen LogP contribution < -0.4 is 0 Å². The van der Waals surface area contributed by atoms with Crippen LogP contribution in [0.25, 0.3) is 0 Å². The molecule has 1 unspecified atom stereocenters. The number of likely N-dealkylation sites (N-methyl/N-ethyl adjacent to an activating group) is 1. The summed E-state index contributed by atoms with van der Waals surface area (Å²) >= 11 is 0. The van der Waals surface area contributed by atoms with E-state index in [-0.39, 0.29) is 11.8 Å². The largest absolute Gasteiger partial charge is 0.388 e. The number of morpholine rings is 1. The lowest BCUT2D eigenvalue weighted by molar-refractivity contribution is -0.169. The van der Waals surface area contributed by atoms with Gasteiger partial charge in [0.25, 0.3) is 5.91 Å². The van der Waals surface area contributed by atoms with Gasteiger partial charge in [-0.3, -0.25) is 14.5 Å². The summed E-state index contributed by atoms with van der Waals surface area (Å²) in [5.74, 6) is 0.00293. The molecule has 2 rings (SSSR count). The standard InChI is InChI=1S/C16H29N3O4/c1-13(20)19-7-5-16(22,6-8-19)12-18-9-10-23-15(2,11-18)14(21)17(3)4/h22H,5-12H2,1-4H3. The zero-order chi connectivity index (χ0) is 17.3. The highest BCUT2D eigenvalue weighted by molar-refractivity contribution is 5.84. The number of carbonyl (C=O) groups excluding carboxylic acids is 2. The smallest absolute Gasteiger partial charge is 0.255 e. The summed E-state index contributed by atoms with van der Waals surface area (Å²) < 4.78 is 5.72. The Morgan fingerprint density at radius 1 is 1.22 bits per heavy atom. The normalized spacial score (nSPS) is 28.5. The summed E-state index contributed by atoms with van der Waals surface area (Å²) in [6, 6.07) is 0. The number of rotatable bonds is 3. The van der Waals surface area contributed by atoms with Crippen molar-refractivity contribution in [2.24, 2.45) is 0 Å². The first-order valence-corrected chi connectivity index (χ1v) is 8.21. The van der Waals surface area contributed by atoms with E-state index in [2.05, 4.69) is 4.90 Å². The van der Waals surface area contributed by atoms with E-state index in [0.29, 0.717) is 52.2 Å². The van der Waals surface area contributed by atoms with Crippen molar-refractivity contribution >= 4 is 11.8 Å². The van der Waals surface area contributed by atoms with Gasteiger partial charge in [-0.05, 0) is 19.8 Å². The van der Waals surface area contributed by atoms with Gasteiger partial charge >= 0.3 is 0 Å². The van der Waals surface area contributed by atoms with Crippen molar-refractivity contribution in [2.45, 2.75) is 37.9 Å². The fourth-order valence-corrected chi connectivity index (χ4v) is 3.50. The Balaban J connectivity index is 1.95. The predicted octanol–water partition coefficient (Wildman–Crippen LogP) is -0.461. The molecule has 1 atom stereocenters. The zero-order valence-electron chi connectivity index (χ0n) is 14.7. The van der Waals surface area contributed by atoms with Crippen molar-refractivity contribution in [1.29, 1.82) is 0 Å². The van der Waals surface area contributed by atoms with Crippen LogP contribution in [0.1, 0.15) is 26.7 Å². The van der Waals surface area contributed by atoms with E-state index in [1.165, 1.54) is 0 Å². The molecule has 7 heteroatoms. The summed E-state index contributed by atoms with van der Waals surface area (Å²) in [6.45, 7) is 6.71. The summed E-state index contributed by atoms with van der Waals surface area (Å²) in [5.41, 5.74) is -1.66. The first-order chi connectivity index (χ1) is 10.7. The van der Waals surface area contributed by atoms with Crippen LogP contribution in [0.5, 0.6) is 0 Å². The van der Waals surface area contributed by atoms with E-state index in [1.807, 2.05) is 6.92 Å². The molecular formula is C16H29N3O4. The average Bonchev–Trinajstić information content (AvgIpc) is 2.46. The highest BCUT2D eigenvalue weighted by atomic mass is 16.5. The lowest BCUT2D eigenvalue weighted by Gasteiger charge is -2.45. The van der Waals surface area contributed by atoms with Crippen molar-refractivity contribution in [3.8, 4) is 0 Å². The number of ether oxygens (including phenoxy) is 1. The van der Waals surface area contributed by atoms with Crippen molar-refractivity contribution < 1.29 is 19.4 Å². The van der Waals surface area contributed by atoms with Crippen LogP contribution in [0, 0.1) is 0 Å². The second kappa shape index (κ2) is 6.75. The molecule has 1 N–H and O–H groups in total. The highest BCUT2D eigenvalue weighted by Gasteiger charge is 2.43. The zero-order valence-corrected chi connectivity index (χ0v) is 14.7. The maximum Gasteiger partial charge on any atom is 0.255 e. The van der Waals surface area contributed by atoms with Gasteiger partial charge in [-0.2, -0.15) is 0 Å². The predicted molar refractivity (Wildman–Crippen MR) is 85.9 cm³/mol. The van der Waals surface area contributed by atoms with Crippen molar-refractivity contribution in [1.82, 2.24) is 14.7 Å². The Bertz CT molecular complexity index is 460. The SMILES string of the molecule is CC(=O)N1CCC(O)(CN2CCOC(C)(C(=O)N(C)C)C2)CC1. The number of nitrogens with zero attached hydrogens (tertiary/aromatic N) is 3. The molecule has 2 heterocycles. The van der Waals surface area contributed by atoms with Gasteiger partial charge in [-0.25, -0.2) is 0 Å². The van der Waals surface area contributed by atoms with Crippen molar-refractivity contribution in [3.05, 3.63) is 0 Å². The first-order valence-electron chi connectivity index (χ1n) is 8.21. The molecule has 0 bridgehead atoms. The van der Waals surface area contributed by atoms with Crippen LogP contribution in [-0.4, -0.2) is 96.2 Å². The minimum Gasteiger partial charge on any atom is -0.388 e. The maximum absolute atomic E-state index is 12.3. The lowest BCUT2D eigenvalue weighted by Crippen LogP contribution is -2.61. The van der Waals surface area contributed by atoms with Crippen LogP contribution in [0.3, 0.4) is 0 Å². The molecule has 0 radical (unpaired) electrons. The van der Waals surface area contributed by atoms with E-state index in [4.69, 9.17) is 4.74 Å². The van der Waals surface area contributed by atoms with E-state index < -0.39 is 11.2 Å². The third-order valence-electron chi connectivity index (χ3n) is 4.87. The lowest BCUT2D eigenvalue weighted by atomic mass is 9.90. The number of piperidine rings is 1. The quantitative estimate of drug-likeness (QED) is 0.759. The van der Waals surface area contributed by atoms with E-state index in [1.54, 1.807) is 30.8 Å². The highest BCUT2D eigenvalue weighted by Crippen LogP contribution is 2.26. The number of amides is 2. The molecule has 0 spiro atoms. The molecule has 0 aromatic rings. The second-order valence-electron chi connectivity index (χ2n) is 7.22. The molecule has 0 saturated carbocycles. The van der Waals surface area contributed by atoms with Crippen LogP contribution in [0.15, 0.2) is 0 Å². The summed E-state index contributed by atoms with van der Waals surface area (Å²) in [4.78, 5) is 29.1. The van der Waals surface area contributed by atoms with Gasteiger partial charge in [0.2, 0.25) is 5.91 Å². The Morgan fingerprint density at radius 3 is 2.35 bits per heavy atom. The van der Waals surface area contributed by atoms with E-state index in [9.17, 15) is 14.7 Å². The molecule has 2 fully saturated rings. The van der Waals surface area contributed by atoms with Gasteiger partial charge in [0.05, 0.1) is 12.2 Å². The third-order valence-corrected chi connectivity index (χ3v) is 4.87. The van der Waals surface area contributed by atoms with Crippen LogP contribution in [0.2, 0.25) is 0 Å². The van der Waals surface area contributed by atoms with Gasteiger partial charge in [0.15, 0.2) is 5.60 Å². The maximum atomic E-state index is 12.3. The summed E-state index contributed by atoms with van der Waals surface area (Å²) in [6.07, 6.45) is 1.14. The summed E-state index contributed by atoms with van der Waals surface area (Å²) in [7, 11) is 3.45. The van der Waals surface area contributed by atoms with Gasteiger partial charge in [0, 0.05) is 53.7 Å². The van der Waals surface area contributed by atoms with Crippen LogP contribution in [-0.2, 0) is 14.3 Å². The van der Waals surface area contributed by atoms with Crippen molar-refractivity contribution in [2.75, 3.05) is 53.4 Å². The average molecular weight is 327 g/mol. The van der Waals surface area contributed by atoms with Gasteiger partial charge in [-0.15, -0.1) is 0 Å². The Kier molecular flexibility index (Phi) is 5.33. The molecule has 0 aromatic carbocycles. The fourth-order valence-electron chi connectivity index (χ4n) is 3.50. The van der Waals surface area contributed by atoms with E-state index in [0.717, 1.165) is 0 Å². The Hall–Kier alpha value is -1.18. The second-order valence-corrected chi connectivity index (χ2v) is 7.22. The number of hydrogen-bond acceptors (Lipinski definition) is 5. The number of aliphatic hydroxyl groups is 1. The molecule has 2 aliphatic heterocycles.